The summed E-state index contributed by atoms with van der Waals surface area (Å²) in [6.07, 6.45) is 1.74. The normalized spacial score (nSPS) is 18.2. The maximum Gasteiger partial charge on any atom is 0.171 e. The molecular formula is C24H24N4O4. The second-order valence-corrected chi connectivity index (χ2v) is 8.45. The summed E-state index contributed by atoms with van der Waals surface area (Å²) in [7, 11) is 0. The molecule has 1 spiro atoms. The zero-order chi connectivity index (χ0) is 21.7. The number of fused-ring (bicyclic) bond motifs is 2. The first-order chi connectivity index (χ1) is 15.6. The van der Waals surface area contributed by atoms with Crippen LogP contribution in [0.1, 0.15) is 18.4 Å². The molecule has 2 fully saturated rings. The average molecular weight is 432 g/mol. The van der Waals surface area contributed by atoms with Gasteiger partial charge in [0.2, 0.25) is 0 Å². The quantitative estimate of drug-likeness (QED) is 0.480. The summed E-state index contributed by atoms with van der Waals surface area (Å²) in [4.78, 5) is 2.35. The van der Waals surface area contributed by atoms with Gasteiger partial charge >= 0.3 is 0 Å². The first kappa shape index (κ1) is 19.3. The van der Waals surface area contributed by atoms with Gasteiger partial charge in [0.1, 0.15) is 5.52 Å². The molecule has 164 valence electrons. The van der Waals surface area contributed by atoms with Gasteiger partial charge in [-0.3, -0.25) is 0 Å². The van der Waals surface area contributed by atoms with Gasteiger partial charge in [0.15, 0.2) is 22.8 Å². The summed E-state index contributed by atoms with van der Waals surface area (Å²) in [5.41, 5.74) is 2.93. The van der Waals surface area contributed by atoms with Crippen molar-refractivity contribution in [3.63, 3.8) is 0 Å². The standard InChI is InChI=1S/C24H24N4O4/c29-22-18-3-1-2-4-19(18)23(30)21-20(22)25-26-28(21)15-16-5-7-17(8-6-16)27-11-9-24(10-12-27)31-13-14-32-24/h1-8,29-30H,9-15H2. The SMILES string of the molecule is Oc1c2ccccc2c(O)c2c1nnn2Cc1ccc(N2CCC3(CC2)OCCO3)cc1. The predicted molar refractivity (Wildman–Crippen MR) is 120 cm³/mol. The lowest BCUT2D eigenvalue weighted by atomic mass is 10.0. The molecule has 2 N–H and O–H groups in total. The molecule has 3 aromatic carbocycles. The second-order valence-electron chi connectivity index (χ2n) is 8.45. The van der Waals surface area contributed by atoms with Gasteiger partial charge in [0.25, 0.3) is 0 Å². The summed E-state index contributed by atoms with van der Waals surface area (Å²) in [5, 5.41) is 30.9. The Morgan fingerprint density at radius 1 is 0.875 bits per heavy atom. The van der Waals surface area contributed by atoms with Gasteiger partial charge < -0.3 is 24.6 Å². The minimum absolute atomic E-state index is 0.0353. The molecule has 8 heteroatoms. The van der Waals surface area contributed by atoms with Gasteiger partial charge in [-0.05, 0) is 17.7 Å². The minimum Gasteiger partial charge on any atom is -0.505 e. The van der Waals surface area contributed by atoms with E-state index in [-0.39, 0.29) is 17.3 Å². The molecular weight excluding hydrogens is 408 g/mol. The highest BCUT2D eigenvalue weighted by Crippen LogP contribution is 2.40. The van der Waals surface area contributed by atoms with Crippen LogP contribution in [0.15, 0.2) is 48.5 Å². The van der Waals surface area contributed by atoms with Crippen LogP contribution in [-0.2, 0) is 16.0 Å². The molecule has 1 aromatic heterocycles. The Morgan fingerprint density at radius 3 is 2.22 bits per heavy atom. The summed E-state index contributed by atoms with van der Waals surface area (Å²) < 4.78 is 13.3. The van der Waals surface area contributed by atoms with E-state index in [1.165, 1.54) is 0 Å². The summed E-state index contributed by atoms with van der Waals surface area (Å²) >= 11 is 0. The number of hydrogen-bond donors (Lipinski definition) is 2. The van der Waals surface area contributed by atoms with Crippen LogP contribution in [-0.4, -0.2) is 57.3 Å². The second kappa shape index (κ2) is 7.36. The molecule has 0 saturated carbocycles. The lowest BCUT2D eigenvalue weighted by Crippen LogP contribution is -2.45. The molecule has 0 atom stereocenters. The molecule has 0 aliphatic carbocycles. The highest BCUT2D eigenvalue weighted by Gasteiger charge is 2.39. The summed E-state index contributed by atoms with van der Waals surface area (Å²) in [6, 6.07) is 15.5. The number of phenolic OH excluding ortho intramolecular Hbond substituents is 2. The number of aromatic hydroxyl groups is 2. The third-order valence-corrected chi connectivity index (χ3v) is 6.59. The number of phenols is 2. The Labute approximate surface area is 184 Å². The van der Waals surface area contributed by atoms with Crippen molar-refractivity contribution in [2.75, 3.05) is 31.2 Å². The van der Waals surface area contributed by atoms with Crippen LogP contribution in [0.4, 0.5) is 5.69 Å². The van der Waals surface area contributed by atoms with E-state index < -0.39 is 0 Å². The van der Waals surface area contributed by atoms with Crippen LogP contribution in [0.5, 0.6) is 11.5 Å². The lowest BCUT2D eigenvalue weighted by Gasteiger charge is -2.38. The Kier molecular flexibility index (Phi) is 4.44. The van der Waals surface area contributed by atoms with Crippen molar-refractivity contribution in [3.05, 3.63) is 54.1 Å². The molecule has 0 amide bonds. The van der Waals surface area contributed by atoms with Gasteiger partial charge in [-0.2, -0.15) is 0 Å². The van der Waals surface area contributed by atoms with E-state index in [1.54, 1.807) is 16.8 Å². The van der Waals surface area contributed by atoms with Gasteiger partial charge in [0.05, 0.1) is 19.8 Å². The fourth-order valence-electron chi connectivity index (χ4n) is 4.85. The van der Waals surface area contributed by atoms with Crippen molar-refractivity contribution in [3.8, 4) is 11.5 Å². The Bertz CT molecular complexity index is 1290. The fraction of sp³-hybridized carbons (Fsp3) is 0.333. The van der Waals surface area contributed by atoms with Crippen LogP contribution in [0, 0.1) is 0 Å². The maximum absolute atomic E-state index is 10.8. The summed E-state index contributed by atoms with van der Waals surface area (Å²) in [5.74, 6) is -0.260. The van der Waals surface area contributed by atoms with E-state index >= 15 is 0 Å². The van der Waals surface area contributed by atoms with Crippen molar-refractivity contribution in [1.82, 2.24) is 15.0 Å². The number of piperidine rings is 1. The van der Waals surface area contributed by atoms with E-state index in [9.17, 15) is 10.2 Å². The molecule has 6 rings (SSSR count). The van der Waals surface area contributed by atoms with Crippen LogP contribution in [0.3, 0.4) is 0 Å². The molecule has 8 nitrogen and oxygen atoms in total. The molecule has 2 saturated heterocycles. The van der Waals surface area contributed by atoms with Crippen LogP contribution in [0.2, 0.25) is 0 Å². The van der Waals surface area contributed by atoms with E-state index in [1.807, 2.05) is 12.1 Å². The smallest absolute Gasteiger partial charge is 0.171 e. The van der Waals surface area contributed by atoms with Crippen molar-refractivity contribution in [2.24, 2.45) is 0 Å². The zero-order valence-electron chi connectivity index (χ0n) is 17.6. The van der Waals surface area contributed by atoms with Crippen LogP contribution < -0.4 is 4.90 Å². The number of nitrogens with zero attached hydrogens (tertiary/aromatic N) is 4. The largest absolute Gasteiger partial charge is 0.505 e. The number of ether oxygens (including phenoxy) is 2. The fourth-order valence-corrected chi connectivity index (χ4v) is 4.85. The molecule has 3 heterocycles. The van der Waals surface area contributed by atoms with E-state index in [4.69, 9.17) is 9.47 Å². The summed E-state index contributed by atoms with van der Waals surface area (Å²) in [6.45, 7) is 3.61. The van der Waals surface area contributed by atoms with Gasteiger partial charge in [-0.25, -0.2) is 4.68 Å². The van der Waals surface area contributed by atoms with E-state index in [0.29, 0.717) is 41.6 Å². The van der Waals surface area contributed by atoms with E-state index in [0.717, 1.165) is 37.2 Å². The van der Waals surface area contributed by atoms with E-state index in [2.05, 4.69) is 39.5 Å². The minimum atomic E-state index is -0.373. The lowest BCUT2D eigenvalue weighted by molar-refractivity contribution is -0.169. The molecule has 2 aliphatic rings. The number of hydrogen-bond acceptors (Lipinski definition) is 7. The van der Waals surface area contributed by atoms with Gasteiger partial charge in [0, 0.05) is 42.4 Å². The zero-order valence-corrected chi connectivity index (χ0v) is 17.6. The predicted octanol–water partition coefficient (Wildman–Crippen LogP) is 3.39. The van der Waals surface area contributed by atoms with Crippen LogP contribution in [0.25, 0.3) is 21.8 Å². The topological polar surface area (TPSA) is 92.9 Å². The van der Waals surface area contributed by atoms with Crippen molar-refractivity contribution >= 4 is 27.5 Å². The van der Waals surface area contributed by atoms with Crippen LogP contribution >= 0.6 is 0 Å². The first-order valence-electron chi connectivity index (χ1n) is 10.9. The third kappa shape index (κ3) is 3.06. The monoisotopic (exact) mass is 432 g/mol. The Balaban J connectivity index is 1.24. The number of anilines is 1. The van der Waals surface area contributed by atoms with Gasteiger partial charge in [-0.15, -0.1) is 5.10 Å². The number of rotatable bonds is 3. The molecule has 2 aliphatic heterocycles. The first-order valence-corrected chi connectivity index (χ1v) is 10.9. The highest BCUT2D eigenvalue weighted by atomic mass is 16.7. The van der Waals surface area contributed by atoms with Crippen molar-refractivity contribution < 1.29 is 19.7 Å². The Morgan fingerprint density at radius 2 is 1.53 bits per heavy atom. The third-order valence-electron chi connectivity index (χ3n) is 6.59. The maximum atomic E-state index is 10.8. The van der Waals surface area contributed by atoms with Crippen molar-refractivity contribution in [1.29, 1.82) is 0 Å². The number of benzene rings is 3. The highest BCUT2D eigenvalue weighted by molar-refractivity contribution is 6.07. The van der Waals surface area contributed by atoms with Gasteiger partial charge in [-0.1, -0.05) is 41.6 Å². The molecule has 0 unspecified atom stereocenters. The average Bonchev–Trinajstić information content (AvgIpc) is 3.46. The van der Waals surface area contributed by atoms with Crippen molar-refractivity contribution in [2.45, 2.75) is 25.2 Å². The molecule has 0 bridgehead atoms. The Hall–Kier alpha value is -3.36. The molecule has 4 aromatic rings. The molecule has 32 heavy (non-hydrogen) atoms. The number of aromatic nitrogens is 3. The molecule has 0 radical (unpaired) electrons.